The minimum absolute atomic E-state index is 0.126. The van der Waals surface area contributed by atoms with Crippen LogP contribution in [0.4, 0.5) is 0 Å². The molecule has 1 N–H and O–H groups in total. The number of hydrogen-bond donors (Lipinski definition) is 1. The van der Waals surface area contributed by atoms with Crippen molar-refractivity contribution in [3.05, 3.63) is 0 Å². The number of esters is 1. The number of nitrogens with one attached hydrogen (secondary N) is 1. The van der Waals surface area contributed by atoms with E-state index in [4.69, 9.17) is 4.74 Å². The molecule has 0 aromatic carbocycles. The van der Waals surface area contributed by atoms with Gasteiger partial charge in [0.15, 0.2) is 0 Å². The Balaban J connectivity index is 2.51. The molecule has 1 saturated carbocycles. The van der Waals surface area contributed by atoms with Crippen LogP contribution in [0, 0.1) is 11.8 Å². The highest BCUT2D eigenvalue weighted by Gasteiger charge is 2.28. The predicted molar refractivity (Wildman–Crippen MR) is 69.8 cm³/mol. The van der Waals surface area contributed by atoms with Gasteiger partial charge in [0.25, 0.3) is 0 Å². The molecule has 0 aliphatic heterocycles. The van der Waals surface area contributed by atoms with E-state index in [9.17, 15) is 4.79 Å². The average molecular weight is 241 g/mol. The topological polar surface area (TPSA) is 38.3 Å². The van der Waals surface area contributed by atoms with Crippen LogP contribution in [0.1, 0.15) is 52.9 Å². The molecular formula is C14H27NO2. The zero-order valence-corrected chi connectivity index (χ0v) is 11.7. The minimum atomic E-state index is -0.152. The van der Waals surface area contributed by atoms with E-state index in [0.717, 1.165) is 5.92 Å². The molecule has 1 rings (SSSR count). The van der Waals surface area contributed by atoms with Gasteiger partial charge in [-0.25, -0.2) is 0 Å². The molecule has 0 aromatic rings. The molecule has 17 heavy (non-hydrogen) atoms. The van der Waals surface area contributed by atoms with Gasteiger partial charge in [-0.05, 0) is 24.7 Å². The summed E-state index contributed by atoms with van der Waals surface area (Å²) >= 11 is 0. The monoisotopic (exact) mass is 241 g/mol. The van der Waals surface area contributed by atoms with Crippen molar-refractivity contribution in [2.45, 2.75) is 65.0 Å². The fraction of sp³-hybridized carbons (Fsp3) is 0.929. The summed E-state index contributed by atoms with van der Waals surface area (Å²) in [5.41, 5.74) is 0. The third kappa shape index (κ3) is 4.30. The molecule has 1 aliphatic carbocycles. The summed E-state index contributed by atoms with van der Waals surface area (Å²) in [5.74, 6) is 0.981. The molecule has 0 heterocycles. The van der Waals surface area contributed by atoms with E-state index in [2.05, 4.69) is 26.1 Å². The lowest BCUT2D eigenvalue weighted by Crippen LogP contribution is -2.48. The van der Waals surface area contributed by atoms with E-state index in [1.165, 1.54) is 39.2 Å². The second kappa shape index (κ2) is 7.00. The van der Waals surface area contributed by atoms with Crippen molar-refractivity contribution < 1.29 is 9.53 Å². The van der Waals surface area contributed by atoms with Gasteiger partial charge in [0, 0.05) is 6.04 Å². The van der Waals surface area contributed by atoms with Crippen molar-refractivity contribution >= 4 is 5.97 Å². The highest BCUT2D eigenvalue weighted by molar-refractivity contribution is 5.75. The van der Waals surface area contributed by atoms with Crippen molar-refractivity contribution in [1.82, 2.24) is 5.32 Å². The molecular weight excluding hydrogens is 214 g/mol. The Bertz CT molecular complexity index is 240. The van der Waals surface area contributed by atoms with Gasteiger partial charge in [-0.3, -0.25) is 4.79 Å². The molecule has 0 spiro atoms. The second-order valence-corrected chi connectivity index (χ2v) is 5.55. The first-order valence-electron chi connectivity index (χ1n) is 6.92. The number of methoxy groups -OCH3 is 1. The summed E-state index contributed by atoms with van der Waals surface area (Å²) in [5, 5.41) is 3.50. The lowest BCUT2D eigenvalue weighted by Gasteiger charge is -2.32. The van der Waals surface area contributed by atoms with Gasteiger partial charge in [0.2, 0.25) is 0 Å². The van der Waals surface area contributed by atoms with Gasteiger partial charge in [0.05, 0.1) is 7.11 Å². The van der Waals surface area contributed by atoms with Gasteiger partial charge >= 0.3 is 5.97 Å². The molecule has 0 amide bonds. The summed E-state index contributed by atoms with van der Waals surface area (Å²) in [4.78, 5) is 11.7. The number of carbonyl (C=O) groups is 1. The molecule has 100 valence electrons. The number of ether oxygens (including phenoxy) is 1. The Kier molecular flexibility index (Phi) is 5.96. The van der Waals surface area contributed by atoms with Gasteiger partial charge in [-0.1, -0.05) is 40.0 Å². The van der Waals surface area contributed by atoms with Gasteiger partial charge in [-0.2, -0.15) is 0 Å². The average Bonchev–Trinajstić information content (AvgIpc) is 2.35. The molecule has 0 radical (unpaired) electrons. The normalized spacial score (nSPS) is 26.9. The van der Waals surface area contributed by atoms with Gasteiger partial charge in [0.1, 0.15) is 6.04 Å². The molecule has 0 saturated heterocycles. The van der Waals surface area contributed by atoms with Crippen LogP contribution in [0.2, 0.25) is 0 Å². The first-order valence-corrected chi connectivity index (χ1v) is 6.92. The zero-order chi connectivity index (χ0) is 12.8. The van der Waals surface area contributed by atoms with E-state index < -0.39 is 0 Å². The van der Waals surface area contributed by atoms with Crippen molar-refractivity contribution in [3.63, 3.8) is 0 Å². The summed E-state index contributed by atoms with van der Waals surface area (Å²) in [6, 6.07) is 0.334. The van der Waals surface area contributed by atoms with Crippen LogP contribution in [0.25, 0.3) is 0 Å². The third-order valence-electron chi connectivity index (χ3n) is 3.90. The van der Waals surface area contributed by atoms with Crippen LogP contribution in [-0.4, -0.2) is 25.2 Å². The van der Waals surface area contributed by atoms with Crippen molar-refractivity contribution in [2.75, 3.05) is 7.11 Å². The van der Waals surface area contributed by atoms with E-state index in [1.807, 2.05) is 0 Å². The summed E-state index contributed by atoms with van der Waals surface area (Å²) in [6.45, 7) is 6.39. The highest BCUT2D eigenvalue weighted by atomic mass is 16.5. The van der Waals surface area contributed by atoms with Crippen LogP contribution >= 0.6 is 0 Å². The number of rotatable bonds is 5. The number of carbonyl (C=O) groups excluding carboxylic acids is 1. The minimum Gasteiger partial charge on any atom is -0.468 e. The summed E-state index contributed by atoms with van der Waals surface area (Å²) < 4.78 is 4.87. The first-order chi connectivity index (χ1) is 8.08. The molecule has 0 bridgehead atoms. The Morgan fingerprint density at radius 3 is 2.65 bits per heavy atom. The quantitative estimate of drug-likeness (QED) is 0.752. The standard InChI is InChI=1S/C14H27NO2/c1-5-11-7-6-8-12(9-11)15-13(10(2)3)14(16)17-4/h10-13,15H,5-9H2,1-4H3/t11?,12?,13-/m0/s1. The Hall–Kier alpha value is -0.570. The molecule has 2 unspecified atom stereocenters. The van der Waals surface area contributed by atoms with Crippen molar-refractivity contribution in [1.29, 1.82) is 0 Å². The second-order valence-electron chi connectivity index (χ2n) is 5.55. The molecule has 3 atom stereocenters. The molecule has 1 fully saturated rings. The van der Waals surface area contributed by atoms with E-state index in [1.54, 1.807) is 0 Å². The largest absolute Gasteiger partial charge is 0.468 e. The van der Waals surface area contributed by atoms with Crippen LogP contribution in [0.3, 0.4) is 0 Å². The smallest absolute Gasteiger partial charge is 0.323 e. The van der Waals surface area contributed by atoms with Crippen LogP contribution in [0.15, 0.2) is 0 Å². The van der Waals surface area contributed by atoms with Crippen LogP contribution in [0.5, 0.6) is 0 Å². The van der Waals surface area contributed by atoms with Crippen molar-refractivity contribution in [2.24, 2.45) is 11.8 Å². The maximum atomic E-state index is 11.7. The summed E-state index contributed by atoms with van der Waals surface area (Å²) in [7, 11) is 1.47. The molecule has 0 aromatic heterocycles. The van der Waals surface area contributed by atoms with Crippen molar-refractivity contribution in [3.8, 4) is 0 Å². The fourth-order valence-electron chi connectivity index (χ4n) is 2.73. The fourth-order valence-corrected chi connectivity index (χ4v) is 2.73. The van der Waals surface area contributed by atoms with Crippen LogP contribution in [-0.2, 0) is 9.53 Å². The highest BCUT2D eigenvalue weighted by Crippen LogP contribution is 2.27. The molecule has 1 aliphatic rings. The van der Waals surface area contributed by atoms with E-state index >= 15 is 0 Å². The van der Waals surface area contributed by atoms with Crippen LogP contribution < -0.4 is 5.32 Å². The Labute approximate surface area is 105 Å². The lowest BCUT2D eigenvalue weighted by molar-refractivity contribution is -0.144. The van der Waals surface area contributed by atoms with Gasteiger partial charge in [-0.15, -0.1) is 0 Å². The lowest BCUT2D eigenvalue weighted by atomic mass is 9.83. The molecule has 3 heteroatoms. The number of hydrogen-bond acceptors (Lipinski definition) is 3. The van der Waals surface area contributed by atoms with Gasteiger partial charge < -0.3 is 10.1 Å². The molecule has 3 nitrogen and oxygen atoms in total. The first kappa shape index (κ1) is 14.5. The zero-order valence-electron chi connectivity index (χ0n) is 11.7. The Morgan fingerprint density at radius 2 is 2.12 bits per heavy atom. The predicted octanol–water partition coefficient (Wildman–Crippen LogP) is 2.74. The third-order valence-corrected chi connectivity index (χ3v) is 3.90. The SMILES string of the molecule is CCC1CCCC(N[C@H](C(=O)OC)C(C)C)C1. The van der Waals surface area contributed by atoms with E-state index in [-0.39, 0.29) is 17.9 Å². The maximum absolute atomic E-state index is 11.7. The Morgan fingerprint density at radius 1 is 1.41 bits per heavy atom. The maximum Gasteiger partial charge on any atom is 0.323 e. The summed E-state index contributed by atoms with van der Waals surface area (Å²) in [6.07, 6.45) is 6.28. The van der Waals surface area contributed by atoms with E-state index in [0.29, 0.717) is 6.04 Å².